The molecule has 0 unspecified atom stereocenters. The van der Waals surface area contributed by atoms with E-state index in [4.69, 9.17) is 0 Å². The van der Waals surface area contributed by atoms with Gasteiger partial charge in [-0.1, -0.05) is 0 Å². The molecule has 1 fully saturated rings. The number of aromatic nitrogens is 1. The minimum absolute atomic E-state index is 0.156. The topological polar surface area (TPSA) is 59.5 Å². The standard InChI is InChI=1S/C8H8N2O3S/c11-7-2-10(3-8(12)13-7)1-6-4-14-5-9-6/h4-5H,1-3H2. The third-order valence-electron chi connectivity index (χ3n) is 1.80. The van der Waals surface area contributed by atoms with E-state index in [1.165, 1.54) is 11.3 Å². The second kappa shape index (κ2) is 3.85. The largest absolute Gasteiger partial charge is 0.391 e. The van der Waals surface area contributed by atoms with Gasteiger partial charge >= 0.3 is 11.9 Å². The first-order chi connectivity index (χ1) is 6.74. The molecule has 1 saturated heterocycles. The Hall–Kier alpha value is -1.27. The molecule has 0 saturated carbocycles. The predicted octanol–water partition coefficient (Wildman–Crippen LogP) is 0.0285. The summed E-state index contributed by atoms with van der Waals surface area (Å²) in [6, 6.07) is 0. The third kappa shape index (κ3) is 2.15. The maximum absolute atomic E-state index is 10.9. The summed E-state index contributed by atoms with van der Waals surface area (Å²) in [5.41, 5.74) is 2.59. The summed E-state index contributed by atoms with van der Waals surface area (Å²) in [5.74, 6) is -0.979. The summed E-state index contributed by atoms with van der Waals surface area (Å²) in [6.07, 6.45) is 0. The highest BCUT2D eigenvalue weighted by Crippen LogP contribution is 2.08. The van der Waals surface area contributed by atoms with Crippen LogP contribution in [-0.2, 0) is 20.9 Å². The van der Waals surface area contributed by atoms with Gasteiger partial charge in [-0.05, 0) is 0 Å². The highest BCUT2D eigenvalue weighted by molar-refractivity contribution is 7.07. The Bertz CT molecular complexity index is 333. The molecule has 1 aromatic heterocycles. The van der Waals surface area contributed by atoms with Gasteiger partial charge in [0.25, 0.3) is 0 Å². The maximum atomic E-state index is 10.9. The highest BCUT2D eigenvalue weighted by Gasteiger charge is 2.24. The molecule has 0 aromatic carbocycles. The highest BCUT2D eigenvalue weighted by atomic mass is 32.1. The summed E-state index contributed by atoms with van der Waals surface area (Å²) in [4.78, 5) is 27.6. The molecule has 5 nitrogen and oxygen atoms in total. The van der Waals surface area contributed by atoms with Gasteiger partial charge in [0.2, 0.25) is 0 Å². The molecule has 0 spiro atoms. The monoisotopic (exact) mass is 212 g/mol. The van der Waals surface area contributed by atoms with Gasteiger partial charge in [-0.2, -0.15) is 0 Å². The van der Waals surface area contributed by atoms with Crippen molar-refractivity contribution in [1.82, 2.24) is 9.88 Å². The number of esters is 2. The minimum atomic E-state index is -0.489. The van der Waals surface area contributed by atoms with E-state index in [1.807, 2.05) is 5.38 Å². The lowest BCUT2D eigenvalue weighted by atomic mass is 10.3. The Balaban J connectivity index is 1.98. The van der Waals surface area contributed by atoms with E-state index in [-0.39, 0.29) is 13.1 Å². The Kier molecular flexibility index (Phi) is 2.55. The molecule has 2 rings (SSSR count). The molecule has 0 amide bonds. The van der Waals surface area contributed by atoms with Gasteiger partial charge in [0.15, 0.2) is 0 Å². The number of cyclic esters (lactones) is 2. The molecule has 0 N–H and O–H groups in total. The zero-order valence-electron chi connectivity index (χ0n) is 7.30. The first-order valence-corrected chi connectivity index (χ1v) is 5.01. The molecule has 1 aliphatic heterocycles. The van der Waals surface area contributed by atoms with Crippen LogP contribution in [0, 0.1) is 0 Å². The van der Waals surface area contributed by atoms with E-state index >= 15 is 0 Å². The average Bonchev–Trinajstić information content (AvgIpc) is 2.54. The summed E-state index contributed by atoms with van der Waals surface area (Å²) in [7, 11) is 0. The van der Waals surface area contributed by atoms with Gasteiger partial charge in [-0.25, -0.2) is 4.98 Å². The summed E-state index contributed by atoms with van der Waals surface area (Å²) in [5, 5.41) is 1.89. The SMILES string of the molecule is O=C1CN(Cc2cscn2)CC(=O)O1. The number of hydrogen-bond donors (Lipinski definition) is 0. The van der Waals surface area contributed by atoms with Crippen LogP contribution in [0.2, 0.25) is 0 Å². The van der Waals surface area contributed by atoms with E-state index in [9.17, 15) is 9.59 Å². The quantitative estimate of drug-likeness (QED) is 0.511. The molecule has 14 heavy (non-hydrogen) atoms. The number of morpholine rings is 1. The Morgan fingerprint density at radius 1 is 1.43 bits per heavy atom. The fourth-order valence-electron chi connectivity index (χ4n) is 1.27. The lowest BCUT2D eigenvalue weighted by Gasteiger charge is -2.22. The van der Waals surface area contributed by atoms with Crippen molar-refractivity contribution in [3.05, 3.63) is 16.6 Å². The van der Waals surface area contributed by atoms with Crippen LogP contribution < -0.4 is 0 Å². The van der Waals surface area contributed by atoms with E-state index in [2.05, 4.69) is 9.72 Å². The van der Waals surface area contributed by atoms with Crippen LogP contribution >= 0.6 is 11.3 Å². The molecule has 1 aliphatic rings. The van der Waals surface area contributed by atoms with Gasteiger partial charge < -0.3 is 4.74 Å². The van der Waals surface area contributed by atoms with Crippen LogP contribution in [-0.4, -0.2) is 34.9 Å². The van der Waals surface area contributed by atoms with Crippen molar-refractivity contribution in [2.75, 3.05) is 13.1 Å². The molecule has 1 aromatic rings. The molecule has 74 valence electrons. The molecule has 2 heterocycles. The number of hydrogen-bond acceptors (Lipinski definition) is 6. The number of carbonyl (C=O) groups excluding carboxylic acids is 2. The van der Waals surface area contributed by atoms with Crippen molar-refractivity contribution >= 4 is 23.3 Å². The summed E-state index contributed by atoms with van der Waals surface area (Å²) < 4.78 is 4.40. The molecule has 0 aliphatic carbocycles. The van der Waals surface area contributed by atoms with E-state index < -0.39 is 11.9 Å². The Morgan fingerprint density at radius 3 is 2.71 bits per heavy atom. The maximum Gasteiger partial charge on any atom is 0.327 e. The van der Waals surface area contributed by atoms with Crippen molar-refractivity contribution in [1.29, 1.82) is 0 Å². The Labute approximate surface area is 84.3 Å². The van der Waals surface area contributed by atoms with Crippen LogP contribution in [0.15, 0.2) is 10.9 Å². The van der Waals surface area contributed by atoms with E-state index in [1.54, 1.807) is 10.4 Å². The number of ether oxygens (including phenoxy) is 1. The third-order valence-corrected chi connectivity index (χ3v) is 2.44. The van der Waals surface area contributed by atoms with Crippen molar-refractivity contribution in [2.45, 2.75) is 6.54 Å². The smallest absolute Gasteiger partial charge is 0.327 e. The van der Waals surface area contributed by atoms with Crippen molar-refractivity contribution in [2.24, 2.45) is 0 Å². The molecular weight excluding hydrogens is 204 g/mol. The Morgan fingerprint density at radius 2 is 2.14 bits per heavy atom. The minimum Gasteiger partial charge on any atom is -0.391 e. The number of nitrogens with zero attached hydrogens (tertiary/aromatic N) is 2. The number of rotatable bonds is 2. The van der Waals surface area contributed by atoms with Gasteiger partial charge in [0, 0.05) is 11.9 Å². The second-order valence-corrected chi connectivity index (χ2v) is 3.69. The number of carbonyl (C=O) groups is 2. The zero-order chi connectivity index (χ0) is 9.97. The van der Waals surface area contributed by atoms with Gasteiger partial charge in [0.1, 0.15) is 0 Å². The molecule has 0 bridgehead atoms. The fourth-order valence-corrected chi connectivity index (χ4v) is 1.82. The van der Waals surface area contributed by atoms with Crippen molar-refractivity contribution in [3.63, 3.8) is 0 Å². The van der Waals surface area contributed by atoms with Crippen LogP contribution in [0.25, 0.3) is 0 Å². The van der Waals surface area contributed by atoms with E-state index in [0.29, 0.717) is 6.54 Å². The zero-order valence-corrected chi connectivity index (χ0v) is 8.12. The lowest BCUT2D eigenvalue weighted by Crippen LogP contribution is -2.42. The summed E-state index contributed by atoms with van der Waals surface area (Å²) in [6.45, 7) is 0.830. The predicted molar refractivity (Wildman–Crippen MR) is 48.5 cm³/mol. The number of thiazole rings is 1. The average molecular weight is 212 g/mol. The van der Waals surface area contributed by atoms with Gasteiger partial charge in [-0.15, -0.1) is 11.3 Å². The van der Waals surface area contributed by atoms with E-state index in [0.717, 1.165) is 5.69 Å². The molecule has 0 atom stereocenters. The first kappa shape index (κ1) is 9.29. The molecule has 6 heteroatoms. The fraction of sp³-hybridized carbons (Fsp3) is 0.375. The van der Waals surface area contributed by atoms with Gasteiger partial charge in [-0.3, -0.25) is 14.5 Å². The second-order valence-electron chi connectivity index (χ2n) is 2.97. The molecule has 0 radical (unpaired) electrons. The lowest BCUT2D eigenvalue weighted by molar-refractivity contribution is -0.167. The van der Waals surface area contributed by atoms with Crippen LogP contribution in [0.1, 0.15) is 5.69 Å². The first-order valence-electron chi connectivity index (χ1n) is 4.07. The van der Waals surface area contributed by atoms with Gasteiger partial charge in [0.05, 0.1) is 24.3 Å². The molecular formula is C8H8N2O3S. The van der Waals surface area contributed by atoms with Crippen molar-refractivity contribution < 1.29 is 14.3 Å². The van der Waals surface area contributed by atoms with Crippen LogP contribution in [0.3, 0.4) is 0 Å². The summed E-state index contributed by atoms with van der Waals surface area (Å²) >= 11 is 1.49. The van der Waals surface area contributed by atoms with Crippen LogP contribution in [0.4, 0.5) is 0 Å². The normalized spacial score (nSPS) is 18.3. The van der Waals surface area contributed by atoms with Crippen LogP contribution in [0.5, 0.6) is 0 Å². The van der Waals surface area contributed by atoms with Crippen molar-refractivity contribution in [3.8, 4) is 0 Å².